The highest BCUT2D eigenvalue weighted by Crippen LogP contribution is 2.26. The molecule has 0 spiro atoms. The molecule has 0 amide bonds. The molecule has 7 nitrogen and oxygen atoms in total. The first-order chi connectivity index (χ1) is 13.4. The number of fused-ring (bicyclic) bond motifs is 1. The third-order valence-electron chi connectivity index (χ3n) is 5.09. The molecule has 0 fully saturated rings. The predicted octanol–water partition coefficient (Wildman–Crippen LogP) is 2.71. The third kappa shape index (κ3) is 5.07. The van der Waals surface area contributed by atoms with Gasteiger partial charge in [0.2, 0.25) is 0 Å². The minimum atomic E-state index is -3.23. The number of sulfone groups is 1. The standard InChI is InChI=1S/C20H25N3O4S/c1-2-28(26,27)12-11-18(20(24)25)21-19-10-9-17(22-23-19)16-8-7-14-5-3-4-6-15(14)13-16/h7-10,13,18H,2-6,11-12H2,1H3,(H,21,23)(H,24,25). The number of carboxylic acid groups (broad SMARTS) is 1. The van der Waals surface area contributed by atoms with Gasteiger partial charge in [0, 0.05) is 11.3 Å². The first kappa shape index (κ1) is 20.3. The Bertz CT molecular complexity index is 942. The Labute approximate surface area is 165 Å². The first-order valence-electron chi connectivity index (χ1n) is 9.53. The Hall–Kier alpha value is -2.48. The van der Waals surface area contributed by atoms with E-state index in [0.29, 0.717) is 5.82 Å². The average molecular weight is 404 g/mol. The first-order valence-corrected chi connectivity index (χ1v) is 11.4. The Morgan fingerprint density at radius 2 is 1.89 bits per heavy atom. The second-order valence-electron chi connectivity index (χ2n) is 7.05. The molecule has 1 aliphatic carbocycles. The van der Waals surface area contributed by atoms with Crippen LogP contribution >= 0.6 is 0 Å². The molecule has 2 N–H and O–H groups in total. The molecule has 1 aromatic heterocycles. The monoisotopic (exact) mass is 403 g/mol. The van der Waals surface area contributed by atoms with E-state index in [9.17, 15) is 18.3 Å². The van der Waals surface area contributed by atoms with Gasteiger partial charge in [-0.2, -0.15) is 0 Å². The Morgan fingerprint density at radius 1 is 1.14 bits per heavy atom. The second-order valence-corrected chi connectivity index (χ2v) is 9.53. The number of aryl methyl sites for hydroxylation is 2. The summed E-state index contributed by atoms with van der Waals surface area (Å²) in [5, 5.41) is 20.4. The SMILES string of the molecule is CCS(=O)(=O)CCC(Nc1ccc(-c2ccc3c(c2)CCCC3)nn1)C(=O)O. The van der Waals surface area contributed by atoms with Gasteiger partial charge in [-0.3, -0.25) is 0 Å². The van der Waals surface area contributed by atoms with Gasteiger partial charge in [-0.1, -0.05) is 19.1 Å². The zero-order valence-corrected chi connectivity index (χ0v) is 16.7. The molecule has 2 aromatic rings. The predicted molar refractivity (Wildman–Crippen MR) is 108 cm³/mol. The van der Waals surface area contributed by atoms with Crippen LogP contribution in [0.25, 0.3) is 11.3 Å². The highest BCUT2D eigenvalue weighted by atomic mass is 32.2. The smallest absolute Gasteiger partial charge is 0.326 e. The zero-order valence-electron chi connectivity index (χ0n) is 15.9. The van der Waals surface area contributed by atoms with Gasteiger partial charge < -0.3 is 10.4 Å². The highest BCUT2D eigenvalue weighted by molar-refractivity contribution is 7.91. The second kappa shape index (κ2) is 8.68. The molecule has 1 aromatic carbocycles. The largest absolute Gasteiger partial charge is 0.480 e. The molecule has 1 unspecified atom stereocenters. The van der Waals surface area contributed by atoms with Crippen LogP contribution in [0.1, 0.15) is 37.3 Å². The van der Waals surface area contributed by atoms with E-state index in [1.165, 1.54) is 24.0 Å². The summed E-state index contributed by atoms with van der Waals surface area (Å²) in [6, 6.07) is 8.77. The molecular weight excluding hydrogens is 378 g/mol. The van der Waals surface area contributed by atoms with E-state index >= 15 is 0 Å². The molecular formula is C20H25N3O4S. The van der Waals surface area contributed by atoms with Crippen LogP contribution in [0.3, 0.4) is 0 Å². The molecule has 8 heteroatoms. The number of nitrogens with zero attached hydrogens (tertiary/aromatic N) is 2. The maximum absolute atomic E-state index is 11.6. The number of hydrogen-bond acceptors (Lipinski definition) is 6. The van der Waals surface area contributed by atoms with Crippen LogP contribution in [-0.2, 0) is 27.5 Å². The lowest BCUT2D eigenvalue weighted by Gasteiger charge is -2.17. The fraction of sp³-hybridized carbons (Fsp3) is 0.450. The van der Waals surface area contributed by atoms with E-state index in [1.54, 1.807) is 19.1 Å². The number of carboxylic acids is 1. The van der Waals surface area contributed by atoms with Crippen LogP contribution in [-0.4, -0.2) is 47.2 Å². The topological polar surface area (TPSA) is 109 Å². The van der Waals surface area contributed by atoms with Gasteiger partial charge in [-0.15, -0.1) is 10.2 Å². The fourth-order valence-electron chi connectivity index (χ4n) is 3.33. The van der Waals surface area contributed by atoms with Crippen LogP contribution in [0.2, 0.25) is 0 Å². The maximum Gasteiger partial charge on any atom is 0.326 e. The van der Waals surface area contributed by atoms with E-state index in [-0.39, 0.29) is 17.9 Å². The van der Waals surface area contributed by atoms with Crippen molar-refractivity contribution < 1.29 is 18.3 Å². The number of rotatable bonds is 8. The summed E-state index contributed by atoms with van der Waals surface area (Å²) < 4.78 is 23.3. The van der Waals surface area contributed by atoms with Crippen LogP contribution in [0.5, 0.6) is 0 Å². The molecule has 150 valence electrons. The summed E-state index contributed by atoms with van der Waals surface area (Å²) in [5.74, 6) is -1.00. The van der Waals surface area contributed by atoms with E-state index in [2.05, 4.69) is 27.6 Å². The van der Waals surface area contributed by atoms with Gasteiger partial charge >= 0.3 is 5.97 Å². The molecule has 0 aliphatic heterocycles. The minimum absolute atomic E-state index is 0.00534. The molecule has 0 bridgehead atoms. The van der Waals surface area contributed by atoms with Gasteiger partial charge in [0.15, 0.2) is 0 Å². The van der Waals surface area contributed by atoms with Gasteiger partial charge in [0.25, 0.3) is 0 Å². The van der Waals surface area contributed by atoms with Crippen molar-refractivity contribution in [3.8, 4) is 11.3 Å². The molecule has 0 saturated heterocycles. The molecule has 0 radical (unpaired) electrons. The zero-order chi connectivity index (χ0) is 20.1. The Kier molecular flexibility index (Phi) is 6.28. The van der Waals surface area contributed by atoms with Crippen molar-refractivity contribution in [1.82, 2.24) is 10.2 Å². The number of hydrogen-bond donors (Lipinski definition) is 2. The van der Waals surface area contributed by atoms with Crippen LogP contribution in [0, 0.1) is 0 Å². The number of nitrogens with one attached hydrogen (secondary N) is 1. The van der Waals surface area contributed by atoms with Crippen LogP contribution in [0.4, 0.5) is 5.82 Å². The van der Waals surface area contributed by atoms with Crippen LogP contribution < -0.4 is 5.32 Å². The van der Waals surface area contributed by atoms with E-state index in [1.807, 2.05) is 6.07 Å². The number of aliphatic carboxylic acids is 1. The third-order valence-corrected chi connectivity index (χ3v) is 6.82. The molecule has 28 heavy (non-hydrogen) atoms. The maximum atomic E-state index is 11.6. The van der Waals surface area contributed by atoms with Crippen molar-refractivity contribution in [2.75, 3.05) is 16.8 Å². The van der Waals surface area contributed by atoms with E-state index < -0.39 is 21.8 Å². The molecule has 1 heterocycles. The number of anilines is 1. The minimum Gasteiger partial charge on any atom is -0.480 e. The lowest BCUT2D eigenvalue weighted by molar-refractivity contribution is -0.137. The van der Waals surface area contributed by atoms with Crippen molar-refractivity contribution in [1.29, 1.82) is 0 Å². The number of benzene rings is 1. The average Bonchev–Trinajstić information content (AvgIpc) is 2.71. The molecule has 1 atom stereocenters. The lowest BCUT2D eigenvalue weighted by atomic mass is 9.90. The Morgan fingerprint density at radius 3 is 2.54 bits per heavy atom. The van der Waals surface area contributed by atoms with Crippen molar-refractivity contribution >= 4 is 21.6 Å². The van der Waals surface area contributed by atoms with Crippen molar-refractivity contribution in [3.05, 3.63) is 41.5 Å². The summed E-state index contributed by atoms with van der Waals surface area (Å²) in [7, 11) is -3.23. The van der Waals surface area contributed by atoms with E-state index in [4.69, 9.17) is 0 Å². The summed E-state index contributed by atoms with van der Waals surface area (Å²) in [5.41, 5.74) is 4.46. The molecule has 0 saturated carbocycles. The number of aromatic nitrogens is 2. The summed E-state index contributed by atoms with van der Waals surface area (Å²) in [6.45, 7) is 1.55. The van der Waals surface area contributed by atoms with Crippen molar-refractivity contribution in [2.24, 2.45) is 0 Å². The number of carbonyl (C=O) groups is 1. The van der Waals surface area contributed by atoms with Gasteiger partial charge in [0.05, 0.1) is 11.4 Å². The Balaban J connectivity index is 1.70. The van der Waals surface area contributed by atoms with E-state index in [0.717, 1.165) is 24.1 Å². The normalized spacial score (nSPS) is 14.9. The summed E-state index contributed by atoms with van der Waals surface area (Å²) >= 11 is 0. The van der Waals surface area contributed by atoms with Gasteiger partial charge in [-0.25, -0.2) is 13.2 Å². The van der Waals surface area contributed by atoms with Gasteiger partial charge in [-0.05, 0) is 61.4 Å². The fourth-order valence-corrected chi connectivity index (χ4v) is 4.22. The summed E-state index contributed by atoms with van der Waals surface area (Å²) in [4.78, 5) is 11.4. The lowest BCUT2D eigenvalue weighted by Crippen LogP contribution is -2.32. The van der Waals surface area contributed by atoms with Crippen molar-refractivity contribution in [3.63, 3.8) is 0 Å². The molecule has 1 aliphatic rings. The highest BCUT2D eigenvalue weighted by Gasteiger charge is 2.21. The summed E-state index contributed by atoms with van der Waals surface area (Å²) in [6.07, 6.45) is 4.61. The quantitative estimate of drug-likeness (QED) is 0.697. The van der Waals surface area contributed by atoms with Gasteiger partial charge in [0.1, 0.15) is 21.7 Å². The molecule has 3 rings (SSSR count). The van der Waals surface area contributed by atoms with Crippen LogP contribution in [0.15, 0.2) is 30.3 Å². The van der Waals surface area contributed by atoms with Crippen molar-refractivity contribution in [2.45, 2.75) is 45.1 Å².